The third-order valence-electron chi connectivity index (χ3n) is 5.32. The Morgan fingerprint density at radius 2 is 1.67 bits per heavy atom. The number of carbonyl (C=O) groups excluding carboxylic acids is 4. The lowest BCUT2D eigenvalue weighted by molar-refractivity contribution is -0.129. The second-order valence-corrected chi connectivity index (χ2v) is 8.17. The van der Waals surface area contributed by atoms with Crippen LogP contribution in [0.3, 0.4) is 0 Å². The van der Waals surface area contributed by atoms with E-state index in [2.05, 4.69) is 5.32 Å². The fourth-order valence-corrected chi connectivity index (χ4v) is 3.67. The molecule has 1 heterocycles. The van der Waals surface area contributed by atoms with Crippen molar-refractivity contribution in [3.05, 3.63) is 64.7 Å². The molecule has 0 saturated carbocycles. The number of benzene rings is 2. The van der Waals surface area contributed by atoms with Crippen LogP contribution < -0.4 is 15.7 Å². The minimum atomic E-state index is -0.819. The van der Waals surface area contributed by atoms with Gasteiger partial charge < -0.3 is 10.2 Å². The first kappa shape index (κ1) is 24.2. The highest BCUT2D eigenvalue weighted by Crippen LogP contribution is 2.29. The number of amides is 5. The van der Waals surface area contributed by atoms with E-state index in [0.29, 0.717) is 10.7 Å². The number of anilines is 1. The molecule has 0 spiro atoms. The molecule has 1 saturated heterocycles. The fraction of sp³-hybridized carbons (Fsp3) is 0.304. The summed E-state index contributed by atoms with van der Waals surface area (Å²) in [6.07, 6.45) is 0.0365. The summed E-state index contributed by atoms with van der Waals surface area (Å²) < 4.78 is 0. The van der Waals surface area contributed by atoms with Crippen molar-refractivity contribution in [2.45, 2.75) is 38.8 Å². The van der Waals surface area contributed by atoms with E-state index in [4.69, 9.17) is 16.8 Å². The zero-order chi connectivity index (χ0) is 24.0. The Morgan fingerprint density at radius 1 is 1.00 bits per heavy atom. The summed E-state index contributed by atoms with van der Waals surface area (Å²) in [5.74, 6) is -1.39. The van der Waals surface area contributed by atoms with E-state index in [1.807, 2.05) is 31.2 Å². The van der Waals surface area contributed by atoms with E-state index in [-0.39, 0.29) is 38.3 Å². The molecular weight excluding hydrogens is 448 g/mol. The van der Waals surface area contributed by atoms with Crippen LogP contribution in [0.25, 0.3) is 0 Å². The Labute approximate surface area is 196 Å². The quantitative estimate of drug-likeness (QED) is 0.294. The van der Waals surface area contributed by atoms with Crippen molar-refractivity contribution in [3.63, 3.8) is 0 Å². The highest BCUT2D eigenvalue weighted by Gasteiger charge is 2.45. The maximum absolute atomic E-state index is 13.2. The molecule has 0 radical (unpaired) electrons. The van der Waals surface area contributed by atoms with Gasteiger partial charge >= 0.3 is 6.03 Å². The highest BCUT2D eigenvalue weighted by atomic mass is 35.5. The van der Waals surface area contributed by atoms with Crippen LogP contribution in [-0.4, -0.2) is 46.4 Å². The van der Waals surface area contributed by atoms with Crippen LogP contribution in [-0.2, 0) is 20.9 Å². The van der Waals surface area contributed by atoms with Crippen LogP contribution in [0.2, 0.25) is 5.02 Å². The predicted molar refractivity (Wildman–Crippen MR) is 122 cm³/mol. The van der Waals surface area contributed by atoms with E-state index in [9.17, 15) is 19.2 Å². The molecule has 5 amide bonds. The van der Waals surface area contributed by atoms with Gasteiger partial charge in [0.05, 0.1) is 5.69 Å². The summed E-state index contributed by atoms with van der Waals surface area (Å²) in [5.41, 5.74) is 3.84. The molecule has 1 aliphatic heterocycles. The zero-order valence-electron chi connectivity index (χ0n) is 18.1. The third-order valence-corrected chi connectivity index (χ3v) is 5.57. The molecule has 0 bridgehead atoms. The predicted octanol–water partition coefficient (Wildman–Crippen LogP) is 2.78. The Kier molecular flexibility index (Phi) is 8.02. The number of carbonyl (C=O) groups is 4. The SMILES string of the molecule is Cc1ccc(CN2C(=O)N(c3ccc(Cl)cc3)C(=O)C2CCC(=O)NCCC(=O)NO)cc1. The van der Waals surface area contributed by atoms with Crippen molar-refractivity contribution in [2.75, 3.05) is 11.4 Å². The van der Waals surface area contributed by atoms with Gasteiger partial charge in [0.1, 0.15) is 6.04 Å². The molecule has 174 valence electrons. The van der Waals surface area contributed by atoms with Crippen LogP contribution in [0.1, 0.15) is 30.4 Å². The van der Waals surface area contributed by atoms with Gasteiger partial charge in [-0.15, -0.1) is 0 Å². The number of hydrogen-bond donors (Lipinski definition) is 3. The van der Waals surface area contributed by atoms with Crippen molar-refractivity contribution < 1.29 is 24.4 Å². The lowest BCUT2D eigenvalue weighted by atomic mass is 10.1. The number of hydroxylamine groups is 1. The molecule has 1 fully saturated rings. The standard InChI is InChI=1S/C23H25ClN4O5/c1-15-2-4-16(5-3-15)14-27-19(10-11-20(29)25-13-12-21(30)26-33)22(31)28(23(27)32)18-8-6-17(24)7-9-18/h2-9,19,33H,10-14H2,1H3,(H,25,29)(H,26,30). The van der Waals surface area contributed by atoms with Gasteiger partial charge in [-0.25, -0.2) is 15.2 Å². The maximum atomic E-state index is 13.2. The summed E-state index contributed by atoms with van der Waals surface area (Å²) in [4.78, 5) is 52.3. The topological polar surface area (TPSA) is 119 Å². The molecule has 10 heteroatoms. The number of nitrogens with one attached hydrogen (secondary N) is 2. The third kappa shape index (κ3) is 6.09. The van der Waals surface area contributed by atoms with Crippen molar-refractivity contribution in [2.24, 2.45) is 0 Å². The molecule has 9 nitrogen and oxygen atoms in total. The molecule has 1 unspecified atom stereocenters. The molecule has 2 aromatic carbocycles. The van der Waals surface area contributed by atoms with Gasteiger partial charge in [-0.3, -0.25) is 19.6 Å². The molecule has 0 aromatic heterocycles. The lowest BCUT2D eigenvalue weighted by Crippen LogP contribution is -2.36. The van der Waals surface area contributed by atoms with Gasteiger partial charge in [0.15, 0.2) is 0 Å². The second kappa shape index (κ2) is 10.9. The average molecular weight is 473 g/mol. The Hall–Kier alpha value is -3.43. The number of urea groups is 1. The molecule has 3 N–H and O–H groups in total. The number of aryl methyl sites for hydroxylation is 1. The Balaban J connectivity index is 1.75. The number of halogens is 1. The number of imide groups is 1. The van der Waals surface area contributed by atoms with E-state index in [1.165, 1.54) is 10.4 Å². The van der Waals surface area contributed by atoms with E-state index in [1.54, 1.807) is 24.3 Å². The second-order valence-electron chi connectivity index (χ2n) is 7.74. The first-order valence-electron chi connectivity index (χ1n) is 10.5. The van der Waals surface area contributed by atoms with Crippen LogP contribution in [0.4, 0.5) is 10.5 Å². The van der Waals surface area contributed by atoms with Crippen LogP contribution in [0, 0.1) is 6.92 Å². The molecule has 0 aliphatic carbocycles. The zero-order valence-corrected chi connectivity index (χ0v) is 18.8. The van der Waals surface area contributed by atoms with Gasteiger partial charge in [-0.05, 0) is 43.2 Å². The van der Waals surface area contributed by atoms with Crippen molar-refractivity contribution in [3.8, 4) is 0 Å². The van der Waals surface area contributed by atoms with Crippen molar-refractivity contribution in [1.82, 2.24) is 15.7 Å². The van der Waals surface area contributed by atoms with Gasteiger partial charge in [-0.1, -0.05) is 41.4 Å². The number of nitrogens with zero attached hydrogens (tertiary/aromatic N) is 2. The van der Waals surface area contributed by atoms with Crippen LogP contribution in [0.15, 0.2) is 48.5 Å². The molecule has 1 atom stereocenters. The van der Waals surface area contributed by atoms with Crippen molar-refractivity contribution in [1.29, 1.82) is 0 Å². The van der Waals surface area contributed by atoms with Crippen LogP contribution in [0.5, 0.6) is 0 Å². The Morgan fingerprint density at radius 3 is 2.30 bits per heavy atom. The summed E-state index contributed by atoms with van der Waals surface area (Å²) in [5, 5.41) is 11.5. The van der Waals surface area contributed by atoms with Gasteiger partial charge in [0, 0.05) is 31.0 Å². The molecule has 1 aliphatic rings. The van der Waals surface area contributed by atoms with E-state index in [0.717, 1.165) is 16.0 Å². The highest BCUT2D eigenvalue weighted by molar-refractivity contribution is 6.30. The minimum absolute atomic E-state index is 0.0106. The first-order valence-corrected chi connectivity index (χ1v) is 10.8. The lowest BCUT2D eigenvalue weighted by Gasteiger charge is -2.22. The molecule has 3 rings (SSSR count). The smallest absolute Gasteiger partial charge is 0.332 e. The van der Waals surface area contributed by atoms with Gasteiger partial charge in [0.25, 0.3) is 5.91 Å². The number of rotatable bonds is 9. The Bertz CT molecular complexity index is 1030. The molecule has 2 aromatic rings. The van der Waals surface area contributed by atoms with Gasteiger partial charge in [-0.2, -0.15) is 0 Å². The first-order chi connectivity index (χ1) is 15.8. The summed E-state index contributed by atoms with van der Waals surface area (Å²) in [6.45, 7) is 2.23. The average Bonchev–Trinajstić information content (AvgIpc) is 3.03. The summed E-state index contributed by atoms with van der Waals surface area (Å²) >= 11 is 5.94. The van der Waals surface area contributed by atoms with Gasteiger partial charge in [0.2, 0.25) is 11.8 Å². The van der Waals surface area contributed by atoms with Crippen molar-refractivity contribution >= 4 is 41.0 Å². The normalized spacial score (nSPS) is 15.7. The maximum Gasteiger partial charge on any atom is 0.332 e. The van der Waals surface area contributed by atoms with E-state index < -0.39 is 23.9 Å². The molecule has 33 heavy (non-hydrogen) atoms. The number of hydrogen-bond acceptors (Lipinski definition) is 5. The minimum Gasteiger partial charge on any atom is -0.356 e. The monoisotopic (exact) mass is 472 g/mol. The summed E-state index contributed by atoms with van der Waals surface area (Å²) in [6, 6.07) is 12.8. The van der Waals surface area contributed by atoms with Crippen LogP contribution >= 0.6 is 11.6 Å². The van der Waals surface area contributed by atoms with E-state index >= 15 is 0 Å². The fourth-order valence-electron chi connectivity index (χ4n) is 3.54. The molecular formula is C23H25ClN4O5. The largest absolute Gasteiger partial charge is 0.356 e. The summed E-state index contributed by atoms with van der Waals surface area (Å²) in [7, 11) is 0.